The molecule has 24 nitrogen and oxygen atoms in total. The van der Waals surface area contributed by atoms with Crippen LogP contribution in [0.25, 0.3) is 0 Å². The molecular weight excluding hydrogens is 1050 g/mol. The van der Waals surface area contributed by atoms with E-state index < -0.39 is 84.9 Å². The molecule has 0 aliphatic rings. The fraction of sp³-hybridized carbons (Fsp3) is 0.804. The van der Waals surface area contributed by atoms with E-state index in [-0.39, 0.29) is 134 Å². The Bertz CT molecular complexity index is 1800. The zero-order chi connectivity index (χ0) is 59.6. The summed E-state index contributed by atoms with van der Waals surface area (Å²) in [6, 6.07) is -1.40. The van der Waals surface area contributed by atoms with Crippen LogP contribution in [0.15, 0.2) is 0 Å². The van der Waals surface area contributed by atoms with Crippen molar-refractivity contribution in [3.05, 3.63) is 0 Å². The van der Waals surface area contributed by atoms with Crippen LogP contribution in [0.5, 0.6) is 0 Å². The van der Waals surface area contributed by atoms with Crippen LogP contribution in [0.2, 0.25) is 0 Å². The largest absolute Gasteiger partial charge is 0.481 e. The molecule has 0 radical (unpaired) electrons. The number of aliphatic hydroxyl groups is 1. The normalized spacial score (nSPS) is 12.6. The van der Waals surface area contributed by atoms with Gasteiger partial charge in [0, 0.05) is 70.5 Å². The Morgan fingerprint density at radius 2 is 0.825 bits per heavy atom. The van der Waals surface area contributed by atoms with Gasteiger partial charge in [0.1, 0.15) is 31.6 Å². The number of carboxylic acid groups (broad SMARTS) is 4. The van der Waals surface area contributed by atoms with E-state index in [9.17, 15) is 68.1 Å². The molecule has 460 valence electrons. The Hall–Kier alpha value is -5.43. The van der Waals surface area contributed by atoms with E-state index >= 15 is 0 Å². The van der Waals surface area contributed by atoms with Crippen LogP contribution in [-0.4, -0.2) is 176 Å². The maximum Gasteiger partial charge on any atom is 0.326 e. The number of aliphatic hydroxyl groups excluding tert-OH is 1. The number of carboxylic acids is 4. The molecule has 0 fully saturated rings. The number of unbranched alkanes of at least 4 members (excludes halogenated alkanes) is 14. The van der Waals surface area contributed by atoms with Gasteiger partial charge in [0.2, 0.25) is 23.6 Å². The van der Waals surface area contributed by atoms with Gasteiger partial charge in [-0.05, 0) is 51.4 Å². The highest BCUT2D eigenvalue weighted by molar-refractivity contribution is 5.87. The van der Waals surface area contributed by atoms with E-state index in [2.05, 4.69) is 21.3 Å². The third kappa shape index (κ3) is 45.3. The molecule has 0 aromatic rings. The topological polar surface area (TPSA) is 374 Å². The van der Waals surface area contributed by atoms with E-state index in [4.69, 9.17) is 29.2 Å². The monoisotopic (exact) mass is 1140 g/mol. The lowest BCUT2D eigenvalue weighted by molar-refractivity contribution is -0.145. The van der Waals surface area contributed by atoms with Gasteiger partial charge in [-0.1, -0.05) is 90.4 Å². The summed E-state index contributed by atoms with van der Waals surface area (Å²) in [6.45, 7) is 1.92. The lowest BCUT2D eigenvalue weighted by atomic mass is 9.94. The average Bonchev–Trinajstić information content (AvgIpc) is 3.41. The Kier molecular flexibility index (Phi) is 47.1. The second-order valence-corrected chi connectivity index (χ2v) is 20.1. The number of rotatable bonds is 58. The SMILES string of the molecule is CC[C@@H](CCCCNC(=O)CC[C@H](NC(=O)CC[C@H](CC(=O)COCCOCCNC(=O)COCCOCCNC(=O)CC[C@H](CC(=O)CCCCCCCCCCCCCCCCC(=O)O)C(=O)O)C(=O)O)C(=O)O)C(=O)CO. The van der Waals surface area contributed by atoms with Crippen molar-refractivity contribution in [2.24, 2.45) is 17.8 Å². The first-order chi connectivity index (χ1) is 38.4. The van der Waals surface area contributed by atoms with E-state index in [0.29, 0.717) is 38.6 Å². The maximum atomic E-state index is 12.5. The van der Waals surface area contributed by atoms with Crippen LogP contribution < -0.4 is 21.3 Å². The van der Waals surface area contributed by atoms with Gasteiger partial charge in [0.25, 0.3) is 0 Å². The summed E-state index contributed by atoms with van der Waals surface area (Å²) in [6.07, 6.45) is 16.4. The Labute approximate surface area is 471 Å². The summed E-state index contributed by atoms with van der Waals surface area (Å²) >= 11 is 0. The van der Waals surface area contributed by atoms with Crippen LogP contribution in [0, 0.1) is 17.8 Å². The Balaban J connectivity index is 3.98. The summed E-state index contributed by atoms with van der Waals surface area (Å²) in [5.74, 6) is -9.74. The molecule has 0 unspecified atom stereocenters. The van der Waals surface area contributed by atoms with Crippen molar-refractivity contribution in [3.63, 3.8) is 0 Å². The molecule has 9 N–H and O–H groups in total. The van der Waals surface area contributed by atoms with Gasteiger partial charge in [-0.2, -0.15) is 0 Å². The molecule has 0 aliphatic carbocycles. The number of carbonyl (C=O) groups excluding carboxylic acids is 7. The van der Waals surface area contributed by atoms with Crippen LogP contribution >= 0.6 is 0 Å². The molecule has 0 heterocycles. The van der Waals surface area contributed by atoms with Crippen LogP contribution in [0.3, 0.4) is 0 Å². The first-order valence-electron chi connectivity index (χ1n) is 28.9. The molecule has 4 atom stereocenters. The molecule has 0 saturated heterocycles. The summed E-state index contributed by atoms with van der Waals surface area (Å²) in [5.41, 5.74) is 0. The van der Waals surface area contributed by atoms with Gasteiger partial charge in [0.15, 0.2) is 11.6 Å². The number of nitrogens with one attached hydrogen (secondary N) is 4. The van der Waals surface area contributed by atoms with Crippen molar-refractivity contribution in [3.8, 4) is 0 Å². The Morgan fingerprint density at radius 1 is 0.388 bits per heavy atom. The van der Waals surface area contributed by atoms with Crippen LogP contribution in [0.4, 0.5) is 0 Å². The predicted molar refractivity (Wildman–Crippen MR) is 292 cm³/mol. The third-order valence-corrected chi connectivity index (χ3v) is 13.3. The zero-order valence-corrected chi connectivity index (χ0v) is 47.5. The quantitative estimate of drug-likeness (QED) is 0.0372. The lowest BCUT2D eigenvalue weighted by Gasteiger charge is -2.16. The van der Waals surface area contributed by atoms with Gasteiger partial charge in [-0.25, -0.2) is 4.79 Å². The van der Waals surface area contributed by atoms with Crippen LogP contribution in [-0.2, 0) is 71.7 Å². The molecule has 0 rings (SSSR count). The van der Waals surface area contributed by atoms with Gasteiger partial charge in [0.05, 0.1) is 51.5 Å². The number of carbonyl (C=O) groups is 11. The standard InChI is InChI=1S/C56H96N4O20/c1-2-42(48(64)39-61)19-17-18-28-57-50(66)27-24-47(56(75)76)60-51(67)26-23-44(55(73)74)38-46(63)40-79-35-33-78-32-30-59-52(68)41-80-36-34-77-31-29-58-49(65)25-22-43(54(71)72)37-45(62)20-15-13-11-9-7-5-3-4-6-8-10-12-14-16-21-53(69)70/h42-44,47,61H,2-41H2,1H3,(H,57,66)(H,58,65)(H,59,68)(H,60,67)(H,69,70)(H,71,72)(H,73,74)(H,75,76)/t42-,43+,44+,47-/m0/s1. The van der Waals surface area contributed by atoms with Crippen molar-refractivity contribution in [1.82, 2.24) is 21.3 Å². The van der Waals surface area contributed by atoms with Crippen LogP contribution in [0.1, 0.15) is 187 Å². The highest BCUT2D eigenvalue weighted by Crippen LogP contribution is 2.18. The fourth-order valence-corrected chi connectivity index (χ4v) is 8.48. The second kappa shape index (κ2) is 50.5. The molecule has 0 aromatic carbocycles. The third-order valence-electron chi connectivity index (χ3n) is 13.3. The minimum absolute atomic E-state index is 0.00516. The van der Waals surface area contributed by atoms with E-state index in [0.717, 1.165) is 57.8 Å². The maximum absolute atomic E-state index is 12.5. The number of hydrogen-bond acceptors (Lipinski definition) is 16. The molecule has 0 saturated carbocycles. The highest BCUT2D eigenvalue weighted by Gasteiger charge is 2.26. The summed E-state index contributed by atoms with van der Waals surface area (Å²) < 4.78 is 21.3. The molecule has 80 heavy (non-hydrogen) atoms. The summed E-state index contributed by atoms with van der Waals surface area (Å²) in [7, 11) is 0. The predicted octanol–water partition coefficient (Wildman–Crippen LogP) is 4.72. The molecule has 0 aromatic heterocycles. The average molecular weight is 1150 g/mol. The fourth-order valence-electron chi connectivity index (χ4n) is 8.48. The highest BCUT2D eigenvalue weighted by atomic mass is 16.5. The minimum atomic E-state index is -1.40. The summed E-state index contributed by atoms with van der Waals surface area (Å²) in [4.78, 5) is 131. The molecule has 0 aliphatic heterocycles. The minimum Gasteiger partial charge on any atom is -0.481 e. The number of hydrogen-bond donors (Lipinski definition) is 9. The van der Waals surface area contributed by atoms with Crippen molar-refractivity contribution in [2.75, 3.05) is 79.1 Å². The van der Waals surface area contributed by atoms with Crippen molar-refractivity contribution in [2.45, 2.75) is 193 Å². The number of amides is 4. The molecule has 24 heteroatoms. The van der Waals surface area contributed by atoms with Gasteiger partial charge in [-0.15, -0.1) is 0 Å². The number of Topliss-reactive ketones (excluding diaryl/α,β-unsaturated/α-hetero) is 3. The van der Waals surface area contributed by atoms with Gasteiger partial charge < -0.3 is 65.7 Å². The first-order valence-corrected chi connectivity index (χ1v) is 28.9. The van der Waals surface area contributed by atoms with E-state index in [1.54, 1.807) is 0 Å². The van der Waals surface area contributed by atoms with Crippen molar-refractivity contribution < 1.29 is 97.2 Å². The smallest absolute Gasteiger partial charge is 0.326 e. The van der Waals surface area contributed by atoms with Crippen molar-refractivity contribution >= 4 is 64.9 Å². The van der Waals surface area contributed by atoms with Gasteiger partial charge in [-0.3, -0.25) is 47.9 Å². The molecule has 0 bridgehead atoms. The zero-order valence-electron chi connectivity index (χ0n) is 47.5. The molecule has 4 amide bonds. The first kappa shape index (κ1) is 74.6. The van der Waals surface area contributed by atoms with E-state index in [1.807, 2.05) is 6.92 Å². The van der Waals surface area contributed by atoms with Gasteiger partial charge >= 0.3 is 23.9 Å². The van der Waals surface area contributed by atoms with Crippen molar-refractivity contribution in [1.29, 1.82) is 0 Å². The second-order valence-electron chi connectivity index (χ2n) is 20.1. The number of ether oxygens (including phenoxy) is 4. The van der Waals surface area contributed by atoms with E-state index in [1.165, 1.54) is 32.1 Å². The molecule has 0 spiro atoms. The number of aliphatic carboxylic acids is 4. The number of ketones is 3. The molecular formula is C56H96N4O20. The summed E-state index contributed by atoms with van der Waals surface area (Å²) in [5, 5.41) is 56.7. The Morgan fingerprint density at radius 3 is 1.31 bits per heavy atom. The lowest BCUT2D eigenvalue weighted by Crippen LogP contribution is -2.42.